The zero-order valence-electron chi connectivity index (χ0n) is 10.0. The van der Waals surface area contributed by atoms with E-state index in [1.807, 2.05) is 0 Å². The van der Waals surface area contributed by atoms with Crippen LogP contribution in [0.15, 0.2) is 6.07 Å². The number of benzene rings is 1. The van der Waals surface area contributed by atoms with Gasteiger partial charge in [0.2, 0.25) is 0 Å². The number of halogens is 3. The van der Waals surface area contributed by atoms with Gasteiger partial charge in [0.15, 0.2) is 11.6 Å². The van der Waals surface area contributed by atoms with Crippen LogP contribution in [-0.4, -0.2) is 17.6 Å². The summed E-state index contributed by atoms with van der Waals surface area (Å²) >= 11 is 0.906. The molecule has 0 amide bonds. The third-order valence-corrected chi connectivity index (χ3v) is 3.53. The van der Waals surface area contributed by atoms with Crippen LogP contribution in [0.2, 0.25) is 0 Å². The standard InChI is InChI=1S/C12H10F3NO2S/c1-2-18-9(17)4-3-8-16-11-10(15)6(13)5-7(14)12(11)19-8/h5H,2-4H2,1H3. The molecule has 0 aliphatic heterocycles. The van der Waals surface area contributed by atoms with Crippen molar-refractivity contribution in [1.82, 2.24) is 4.98 Å². The van der Waals surface area contributed by atoms with Gasteiger partial charge in [-0.05, 0) is 6.92 Å². The maximum atomic E-state index is 13.4. The topological polar surface area (TPSA) is 39.2 Å². The number of ether oxygens (including phenoxy) is 1. The Kier molecular flexibility index (Phi) is 4.04. The summed E-state index contributed by atoms with van der Waals surface area (Å²) in [6.45, 7) is 1.95. The van der Waals surface area contributed by atoms with Gasteiger partial charge in [-0.25, -0.2) is 18.2 Å². The van der Waals surface area contributed by atoms with E-state index in [1.165, 1.54) is 0 Å². The summed E-state index contributed by atoms with van der Waals surface area (Å²) in [7, 11) is 0. The minimum atomic E-state index is -1.27. The molecule has 19 heavy (non-hydrogen) atoms. The molecule has 0 saturated carbocycles. The third kappa shape index (κ3) is 2.86. The summed E-state index contributed by atoms with van der Waals surface area (Å²) < 4.78 is 44.6. The molecule has 0 bridgehead atoms. The summed E-state index contributed by atoms with van der Waals surface area (Å²) in [6.07, 6.45) is 0.276. The number of fused-ring (bicyclic) bond motifs is 1. The van der Waals surface area contributed by atoms with Gasteiger partial charge in [0.25, 0.3) is 0 Å². The fourth-order valence-electron chi connectivity index (χ4n) is 1.58. The molecule has 1 aromatic carbocycles. The molecule has 1 heterocycles. The molecule has 1 aromatic heterocycles. The molecule has 0 radical (unpaired) electrons. The van der Waals surface area contributed by atoms with Crippen molar-refractivity contribution in [2.75, 3.05) is 6.61 Å². The van der Waals surface area contributed by atoms with E-state index >= 15 is 0 Å². The molecular weight excluding hydrogens is 279 g/mol. The van der Waals surface area contributed by atoms with Gasteiger partial charge in [0.05, 0.1) is 22.7 Å². The minimum absolute atomic E-state index is 0.0437. The Bertz CT molecular complexity index is 627. The van der Waals surface area contributed by atoms with Crippen LogP contribution >= 0.6 is 11.3 Å². The second kappa shape index (κ2) is 5.56. The number of rotatable bonds is 4. The van der Waals surface area contributed by atoms with Gasteiger partial charge in [-0.1, -0.05) is 0 Å². The molecule has 0 spiro atoms. The number of thiazole rings is 1. The van der Waals surface area contributed by atoms with E-state index in [-0.39, 0.29) is 29.7 Å². The molecule has 102 valence electrons. The Labute approximate surface area is 111 Å². The summed E-state index contributed by atoms with van der Waals surface area (Å²) in [5.41, 5.74) is -0.332. The molecule has 2 rings (SSSR count). The lowest BCUT2D eigenvalue weighted by atomic mass is 10.3. The third-order valence-electron chi connectivity index (χ3n) is 2.41. The van der Waals surface area contributed by atoms with E-state index in [9.17, 15) is 18.0 Å². The van der Waals surface area contributed by atoms with Crippen molar-refractivity contribution in [3.63, 3.8) is 0 Å². The number of nitrogens with zero attached hydrogens (tertiary/aromatic N) is 1. The normalized spacial score (nSPS) is 10.9. The van der Waals surface area contributed by atoms with E-state index in [4.69, 9.17) is 4.74 Å². The molecule has 0 aliphatic carbocycles. The van der Waals surface area contributed by atoms with Gasteiger partial charge < -0.3 is 4.74 Å². The maximum Gasteiger partial charge on any atom is 0.306 e. The van der Waals surface area contributed by atoms with Crippen LogP contribution in [0.1, 0.15) is 18.4 Å². The largest absolute Gasteiger partial charge is 0.466 e. The number of hydrogen-bond acceptors (Lipinski definition) is 4. The number of carbonyl (C=O) groups excluding carboxylic acids is 1. The summed E-state index contributed by atoms with van der Waals surface area (Å²) in [4.78, 5) is 15.0. The van der Waals surface area contributed by atoms with Crippen LogP contribution in [0.4, 0.5) is 13.2 Å². The highest BCUT2D eigenvalue weighted by Gasteiger charge is 2.17. The van der Waals surface area contributed by atoms with Gasteiger partial charge in [-0.15, -0.1) is 11.3 Å². The van der Waals surface area contributed by atoms with Crippen molar-refractivity contribution >= 4 is 27.5 Å². The first kappa shape index (κ1) is 13.8. The quantitative estimate of drug-likeness (QED) is 0.641. The highest BCUT2D eigenvalue weighted by molar-refractivity contribution is 7.18. The average Bonchev–Trinajstić information content (AvgIpc) is 2.79. The van der Waals surface area contributed by atoms with Crippen LogP contribution in [0, 0.1) is 17.5 Å². The van der Waals surface area contributed by atoms with Crippen molar-refractivity contribution in [2.45, 2.75) is 19.8 Å². The minimum Gasteiger partial charge on any atom is -0.466 e. The lowest BCUT2D eigenvalue weighted by Crippen LogP contribution is -2.04. The van der Waals surface area contributed by atoms with Gasteiger partial charge >= 0.3 is 5.97 Å². The van der Waals surface area contributed by atoms with Gasteiger partial charge in [0, 0.05) is 12.5 Å². The average molecular weight is 289 g/mol. The number of aryl methyl sites for hydroxylation is 1. The summed E-state index contributed by atoms with van der Waals surface area (Å²) in [5, 5.41) is 0.367. The number of aromatic nitrogens is 1. The van der Waals surface area contributed by atoms with E-state index in [0.29, 0.717) is 11.1 Å². The fourth-order valence-corrected chi connectivity index (χ4v) is 2.54. The molecule has 3 nitrogen and oxygen atoms in total. The first-order valence-corrected chi connectivity index (χ1v) is 6.43. The molecule has 0 fully saturated rings. The zero-order valence-corrected chi connectivity index (χ0v) is 10.8. The van der Waals surface area contributed by atoms with Crippen molar-refractivity contribution < 1.29 is 22.7 Å². The first-order chi connectivity index (χ1) is 9.02. The summed E-state index contributed by atoms with van der Waals surface area (Å²) in [5.74, 6) is -3.70. The Morgan fingerprint density at radius 3 is 2.79 bits per heavy atom. The molecular formula is C12H10F3NO2S. The Morgan fingerprint density at radius 2 is 2.11 bits per heavy atom. The molecule has 0 atom stereocenters. The van der Waals surface area contributed by atoms with Crippen LogP contribution in [0.3, 0.4) is 0 Å². The number of hydrogen-bond donors (Lipinski definition) is 0. The highest BCUT2D eigenvalue weighted by atomic mass is 32.1. The Morgan fingerprint density at radius 1 is 1.37 bits per heavy atom. The maximum absolute atomic E-state index is 13.4. The van der Waals surface area contributed by atoms with E-state index in [2.05, 4.69) is 4.98 Å². The number of carbonyl (C=O) groups is 1. The van der Waals surface area contributed by atoms with Gasteiger partial charge in [-0.3, -0.25) is 4.79 Å². The Hall–Kier alpha value is -1.63. The van der Waals surface area contributed by atoms with E-state index in [0.717, 1.165) is 11.3 Å². The molecule has 2 aromatic rings. The smallest absolute Gasteiger partial charge is 0.306 e. The highest BCUT2D eigenvalue weighted by Crippen LogP contribution is 2.29. The van der Waals surface area contributed by atoms with Crippen molar-refractivity contribution in [2.24, 2.45) is 0 Å². The van der Waals surface area contributed by atoms with Crippen LogP contribution in [0.5, 0.6) is 0 Å². The lowest BCUT2D eigenvalue weighted by molar-refractivity contribution is -0.143. The Balaban J connectivity index is 2.25. The van der Waals surface area contributed by atoms with Crippen LogP contribution in [-0.2, 0) is 16.0 Å². The molecule has 7 heteroatoms. The SMILES string of the molecule is CCOC(=O)CCc1nc2c(F)c(F)cc(F)c2s1. The summed E-state index contributed by atoms with van der Waals surface area (Å²) in [6, 6.07) is 0.491. The predicted molar refractivity (Wildman–Crippen MR) is 64.4 cm³/mol. The van der Waals surface area contributed by atoms with Crippen molar-refractivity contribution in [3.05, 3.63) is 28.5 Å². The van der Waals surface area contributed by atoms with E-state index in [1.54, 1.807) is 6.92 Å². The number of esters is 1. The van der Waals surface area contributed by atoms with Crippen LogP contribution < -0.4 is 0 Å². The van der Waals surface area contributed by atoms with Crippen molar-refractivity contribution in [3.8, 4) is 0 Å². The second-order valence-corrected chi connectivity index (χ2v) is 4.83. The molecule has 0 saturated heterocycles. The van der Waals surface area contributed by atoms with Gasteiger partial charge in [0.1, 0.15) is 11.3 Å². The molecule has 0 unspecified atom stereocenters. The molecule has 0 aliphatic rings. The predicted octanol–water partition coefficient (Wildman–Crippen LogP) is 3.21. The van der Waals surface area contributed by atoms with Crippen molar-refractivity contribution in [1.29, 1.82) is 0 Å². The monoisotopic (exact) mass is 289 g/mol. The van der Waals surface area contributed by atoms with Crippen LogP contribution in [0.25, 0.3) is 10.2 Å². The zero-order chi connectivity index (χ0) is 14.0. The van der Waals surface area contributed by atoms with E-state index < -0.39 is 23.4 Å². The lowest BCUT2D eigenvalue weighted by Gasteiger charge is -1.98. The second-order valence-electron chi connectivity index (χ2n) is 3.74. The molecule has 0 N–H and O–H groups in total. The first-order valence-electron chi connectivity index (χ1n) is 5.61. The van der Waals surface area contributed by atoms with Gasteiger partial charge in [-0.2, -0.15) is 0 Å². The fraction of sp³-hybridized carbons (Fsp3) is 0.333.